The van der Waals surface area contributed by atoms with Crippen molar-refractivity contribution in [1.82, 2.24) is 15.2 Å². The maximum atomic E-state index is 15.4. The van der Waals surface area contributed by atoms with Gasteiger partial charge in [-0.15, -0.1) is 0 Å². The minimum absolute atomic E-state index is 0.0945. The monoisotopic (exact) mass is 385 g/mol. The Kier molecular flexibility index (Phi) is 5.92. The molecule has 148 valence electrons. The summed E-state index contributed by atoms with van der Waals surface area (Å²) in [4.78, 5) is 30.8. The van der Waals surface area contributed by atoms with E-state index in [1.807, 2.05) is 6.92 Å². The van der Waals surface area contributed by atoms with E-state index in [2.05, 4.69) is 10.3 Å². The lowest BCUT2D eigenvalue weighted by Crippen LogP contribution is -2.55. The Hall–Kier alpha value is -2.96. The number of carbonyl (C=O) groups excluding carboxylic acids is 2. The van der Waals surface area contributed by atoms with Gasteiger partial charge in [-0.2, -0.15) is 0 Å². The van der Waals surface area contributed by atoms with Gasteiger partial charge in [-0.05, 0) is 55.2 Å². The molecule has 0 bridgehead atoms. The summed E-state index contributed by atoms with van der Waals surface area (Å²) in [6.07, 6.45) is 3.77. The van der Waals surface area contributed by atoms with E-state index in [4.69, 9.17) is 4.74 Å². The molecule has 6 nitrogen and oxygen atoms in total. The molecule has 3 rings (SSSR count). The molecule has 2 heterocycles. The molecule has 2 aromatic rings. The molecule has 1 N–H and O–H groups in total. The number of amides is 2. The van der Waals surface area contributed by atoms with Crippen LogP contribution in [-0.4, -0.2) is 47.6 Å². The molecule has 1 fully saturated rings. The minimum Gasteiger partial charge on any atom is -0.497 e. The standard InChI is InChI=1S/C21H24FN3O3/c1-15-11-17(28-2)6-7-18(15)19(26)25-10-4-8-21(22,14-25)20(27)24-13-16-5-3-9-23-12-16/h3,5-7,9,11-12H,4,8,10,13-14H2,1-2H3,(H,24,27). The van der Waals surface area contributed by atoms with Crippen molar-refractivity contribution in [1.29, 1.82) is 0 Å². The first-order valence-corrected chi connectivity index (χ1v) is 9.23. The average molecular weight is 385 g/mol. The molecule has 1 saturated heterocycles. The predicted molar refractivity (Wildman–Crippen MR) is 103 cm³/mol. The third kappa shape index (κ3) is 4.30. The number of carbonyl (C=O) groups is 2. The number of alkyl halides is 1. The van der Waals surface area contributed by atoms with Crippen LogP contribution in [0.5, 0.6) is 5.75 Å². The Labute approximate surface area is 163 Å². The number of piperidine rings is 1. The van der Waals surface area contributed by atoms with E-state index >= 15 is 4.39 Å². The fourth-order valence-electron chi connectivity index (χ4n) is 3.39. The normalized spacial score (nSPS) is 19.2. The minimum atomic E-state index is -2.10. The molecule has 1 aliphatic heterocycles. The van der Waals surface area contributed by atoms with Crippen molar-refractivity contribution < 1.29 is 18.7 Å². The van der Waals surface area contributed by atoms with Crippen molar-refractivity contribution in [2.24, 2.45) is 0 Å². The van der Waals surface area contributed by atoms with Crippen molar-refractivity contribution in [3.05, 3.63) is 59.4 Å². The number of halogens is 1. The number of likely N-dealkylation sites (tertiary alicyclic amines) is 1. The lowest BCUT2D eigenvalue weighted by atomic mass is 9.92. The molecular formula is C21H24FN3O3. The molecule has 0 aliphatic carbocycles. The summed E-state index contributed by atoms with van der Waals surface area (Å²) in [5.74, 6) is -0.315. The van der Waals surface area contributed by atoms with Crippen LogP contribution in [0, 0.1) is 6.92 Å². The van der Waals surface area contributed by atoms with Crippen molar-refractivity contribution >= 4 is 11.8 Å². The molecule has 28 heavy (non-hydrogen) atoms. The summed E-state index contributed by atoms with van der Waals surface area (Å²) in [6, 6.07) is 8.70. The molecule has 7 heteroatoms. The number of nitrogens with one attached hydrogen (secondary N) is 1. The fraction of sp³-hybridized carbons (Fsp3) is 0.381. The first-order valence-electron chi connectivity index (χ1n) is 9.23. The zero-order chi connectivity index (χ0) is 20.1. The smallest absolute Gasteiger partial charge is 0.259 e. The van der Waals surface area contributed by atoms with Gasteiger partial charge in [0.1, 0.15) is 5.75 Å². The molecule has 1 aliphatic rings. The molecule has 1 unspecified atom stereocenters. The number of hydrogen-bond donors (Lipinski definition) is 1. The Bertz CT molecular complexity index is 859. The first-order chi connectivity index (χ1) is 13.4. The van der Waals surface area contributed by atoms with Crippen LogP contribution < -0.4 is 10.1 Å². The molecule has 1 aromatic heterocycles. The lowest BCUT2D eigenvalue weighted by molar-refractivity contribution is -0.136. The molecular weight excluding hydrogens is 361 g/mol. The van der Waals surface area contributed by atoms with Gasteiger partial charge in [0.15, 0.2) is 0 Å². The summed E-state index contributed by atoms with van der Waals surface area (Å²) < 4.78 is 20.5. The van der Waals surface area contributed by atoms with Gasteiger partial charge in [0.25, 0.3) is 11.8 Å². The number of ether oxygens (including phenoxy) is 1. The Morgan fingerprint density at radius 3 is 2.86 bits per heavy atom. The second-order valence-corrected chi connectivity index (χ2v) is 7.02. The van der Waals surface area contributed by atoms with Gasteiger partial charge in [-0.1, -0.05) is 6.07 Å². The Morgan fingerprint density at radius 1 is 1.36 bits per heavy atom. The van der Waals surface area contributed by atoms with Crippen LogP contribution in [0.15, 0.2) is 42.7 Å². The Balaban J connectivity index is 1.68. The largest absolute Gasteiger partial charge is 0.497 e. The van der Waals surface area contributed by atoms with Crippen molar-refractivity contribution in [2.75, 3.05) is 20.2 Å². The summed E-state index contributed by atoms with van der Waals surface area (Å²) in [7, 11) is 1.56. The summed E-state index contributed by atoms with van der Waals surface area (Å²) in [6.45, 7) is 2.18. The molecule has 1 atom stereocenters. The van der Waals surface area contributed by atoms with Crippen LogP contribution in [0.2, 0.25) is 0 Å². The third-order valence-corrected chi connectivity index (χ3v) is 4.98. The average Bonchev–Trinajstić information content (AvgIpc) is 2.72. The van der Waals surface area contributed by atoms with Crippen LogP contribution in [0.1, 0.15) is 34.3 Å². The molecule has 0 spiro atoms. The SMILES string of the molecule is COc1ccc(C(=O)N2CCCC(F)(C(=O)NCc3cccnc3)C2)c(C)c1. The summed E-state index contributed by atoms with van der Waals surface area (Å²) in [5.41, 5.74) is -0.0745. The number of pyridine rings is 1. The van der Waals surface area contributed by atoms with Gasteiger partial charge in [0.2, 0.25) is 5.67 Å². The molecule has 1 aromatic carbocycles. The van der Waals surface area contributed by atoms with Crippen molar-refractivity contribution in [3.63, 3.8) is 0 Å². The van der Waals surface area contributed by atoms with E-state index < -0.39 is 11.6 Å². The maximum absolute atomic E-state index is 15.4. The lowest BCUT2D eigenvalue weighted by Gasteiger charge is -2.36. The van der Waals surface area contributed by atoms with Gasteiger partial charge in [-0.25, -0.2) is 4.39 Å². The zero-order valence-corrected chi connectivity index (χ0v) is 16.1. The first kappa shape index (κ1) is 19.8. The highest BCUT2D eigenvalue weighted by molar-refractivity contribution is 5.96. The van der Waals surface area contributed by atoms with Gasteiger partial charge >= 0.3 is 0 Å². The van der Waals surface area contributed by atoms with Gasteiger partial charge in [-0.3, -0.25) is 14.6 Å². The number of hydrogen-bond acceptors (Lipinski definition) is 4. The predicted octanol–water partition coefficient (Wildman–Crippen LogP) is 2.66. The number of methoxy groups -OCH3 is 1. The maximum Gasteiger partial charge on any atom is 0.259 e. The van der Waals surface area contributed by atoms with Crippen LogP contribution in [-0.2, 0) is 11.3 Å². The molecule has 2 amide bonds. The van der Waals surface area contributed by atoms with E-state index in [0.29, 0.717) is 24.3 Å². The van der Waals surface area contributed by atoms with Gasteiger partial charge in [0, 0.05) is 31.0 Å². The number of nitrogens with zero attached hydrogens (tertiary/aromatic N) is 2. The molecule has 0 saturated carbocycles. The number of aromatic nitrogens is 1. The fourth-order valence-corrected chi connectivity index (χ4v) is 3.39. The second-order valence-electron chi connectivity index (χ2n) is 7.02. The van der Waals surface area contributed by atoms with Gasteiger partial charge in [0.05, 0.1) is 13.7 Å². The van der Waals surface area contributed by atoms with Crippen molar-refractivity contribution in [2.45, 2.75) is 32.0 Å². The highest BCUT2D eigenvalue weighted by Gasteiger charge is 2.44. The van der Waals surface area contributed by atoms with Crippen LogP contribution in [0.3, 0.4) is 0 Å². The summed E-state index contributed by atoms with van der Waals surface area (Å²) in [5, 5.41) is 2.63. The second kappa shape index (κ2) is 8.37. The number of rotatable bonds is 5. The number of aryl methyl sites for hydroxylation is 1. The third-order valence-electron chi connectivity index (χ3n) is 4.98. The van der Waals surface area contributed by atoms with Crippen LogP contribution in [0.4, 0.5) is 4.39 Å². The van der Waals surface area contributed by atoms with E-state index in [1.54, 1.807) is 49.8 Å². The van der Waals surface area contributed by atoms with Crippen molar-refractivity contribution in [3.8, 4) is 5.75 Å². The van der Waals surface area contributed by atoms with E-state index in [9.17, 15) is 9.59 Å². The van der Waals surface area contributed by atoms with E-state index in [0.717, 1.165) is 11.1 Å². The van der Waals surface area contributed by atoms with Gasteiger partial charge < -0.3 is 15.0 Å². The summed E-state index contributed by atoms with van der Waals surface area (Å²) >= 11 is 0. The van der Waals surface area contributed by atoms with E-state index in [-0.39, 0.29) is 25.4 Å². The zero-order valence-electron chi connectivity index (χ0n) is 16.1. The number of benzene rings is 1. The van der Waals surface area contributed by atoms with Crippen LogP contribution >= 0.6 is 0 Å². The van der Waals surface area contributed by atoms with Crippen LogP contribution in [0.25, 0.3) is 0 Å². The quantitative estimate of drug-likeness (QED) is 0.859. The highest BCUT2D eigenvalue weighted by Crippen LogP contribution is 2.28. The highest BCUT2D eigenvalue weighted by atomic mass is 19.1. The topological polar surface area (TPSA) is 71.5 Å². The van der Waals surface area contributed by atoms with E-state index in [1.165, 1.54) is 4.90 Å². The Morgan fingerprint density at radius 2 is 2.18 bits per heavy atom. The molecule has 0 radical (unpaired) electrons.